The van der Waals surface area contributed by atoms with Gasteiger partial charge in [0.05, 0.1) is 0 Å². The van der Waals surface area contributed by atoms with Crippen LogP contribution in [0.3, 0.4) is 0 Å². The summed E-state index contributed by atoms with van der Waals surface area (Å²) in [5.41, 5.74) is 2.24. The number of halogens is 1. The molecule has 5 nitrogen and oxygen atoms in total. The molecule has 0 bridgehead atoms. The molecule has 164 valence electrons. The van der Waals surface area contributed by atoms with Crippen molar-refractivity contribution in [3.63, 3.8) is 0 Å². The number of amides is 2. The first-order chi connectivity index (χ1) is 15.6. The highest BCUT2D eigenvalue weighted by atomic mass is 32.1. The lowest BCUT2D eigenvalue weighted by atomic mass is 9.79. The van der Waals surface area contributed by atoms with Gasteiger partial charge in [-0.15, -0.1) is 11.3 Å². The molecular formula is C25H24FN3O2S. The van der Waals surface area contributed by atoms with E-state index in [-0.39, 0.29) is 17.6 Å². The minimum absolute atomic E-state index is 0.0240. The molecule has 0 spiro atoms. The molecule has 0 saturated carbocycles. The van der Waals surface area contributed by atoms with Crippen LogP contribution in [0.25, 0.3) is 11.1 Å². The topological polar surface area (TPSA) is 53.5 Å². The summed E-state index contributed by atoms with van der Waals surface area (Å²) in [6.45, 7) is 3.02. The predicted molar refractivity (Wildman–Crippen MR) is 122 cm³/mol. The number of hydrogen-bond donors (Lipinski definition) is 0. The monoisotopic (exact) mass is 449 g/mol. The molecule has 3 heterocycles. The van der Waals surface area contributed by atoms with Crippen molar-refractivity contribution >= 4 is 23.2 Å². The molecular weight excluding hydrogens is 425 g/mol. The van der Waals surface area contributed by atoms with Gasteiger partial charge in [-0.3, -0.25) is 9.59 Å². The molecule has 0 radical (unpaired) electrons. The zero-order chi connectivity index (χ0) is 22.1. The third kappa shape index (κ3) is 4.17. The third-order valence-electron chi connectivity index (χ3n) is 6.57. The van der Waals surface area contributed by atoms with Crippen molar-refractivity contribution in [1.82, 2.24) is 14.8 Å². The summed E-state index contributed by atoms with van der Waals surface area (Å²) in [6.07, 6.45) is 3.58. The van der Waals surface area contributed by atoms with Gasteiger partial charge in [-0.2, -0.15) is 0 Å². The first-order valence-electron chi connectivity index (χ1n) is 10.9. The van der Waals surface area contributed by atoms with Gasteiger partial charge >= 0.3 is 0 Å². The Hall–Kier alpha value is -3.06. The Balaban J connectivity index is 1.16. The third-order valence-corrected chi connectivity index (χ3v) is 7.33. The van der Waals surface area contributed by atoms with Crippen LogP contribution in [0, 0.1) is 17.7 Å². The first kappa shape index (κ1) is 20.8. The second-order valence-corrected chi connectivity index (χ2v) is 9.42. The molecule has 32 heavy (non-hydrogen) atoms. The van der Waals surface area contributed by atoms with Gasteiger partial charge in [0.15, 0.2) is 5.01 Å². The molecule has 0 aliphatic carbocycles. The van der Waals surface area contributed by atoms with E-state index >= 15 is 0 Å². The molecule has 7 heteroatoms. The highest BCUT2D eigenvalue weighted by Crippen LogP contribution is 2.33. The summed E-state index contributed by atoms with van der Waals surface area (Å²) < 4.78 is 13.6. The van der Waals surface area contributed by atoms with Crippen LogP contribution in [-0.2, 0) is 0 Å². The lowest BCUT2D eigenvalue weighted by Crippen LogP contribution is -2.54. The van der Waals surface area contributed by atoms with E-state index in [1.165, 1.54) is 23.5 Å². The number of likely N-dealkylation sites (tertiary alicyclic amines) is 2. The number of carbonyl (C=O) groups excluding carboxylic acids is 2. The van der Waals surface area contributed by atoms with E-state index in [4.69, 9.17) is 0 Å². The van der Waals surface area contributed by atoms with E-state index in [1.807, 2.05) is 45.5 Å². The van der Waals surface area contributed by atoms with Crippen molar-refractivity contribution in [3.05, 3.63) is 76.5 Å². The Bertz CT molecular complexity index is 1120. The van der Waals surface area contributed by atoms with E-state index in [1.54, 1.807) is 12.3 Å². The summed E-state index contributed by atoms with van der Waals surface area (Å²) in [4.78, 5) is 33.3. The fourth-order valence-electron chi connectivity index (χ4n) is 4.70. The fourth-order valence-corrected chi connectivity index (χ4v) is 5.30. The normalized spacial score (nSPS) is 17.3. The Morgan fingerprint density at radius 3 is 2.31 bits per heavy atom. The van der Waals surface area contributed by atoms with Gasteiger partial charge in [-0.1, -0.05) is 24.3 Å². The smallest absolute Gasteiger partial charge is 0.282 e. The molecule has 5 rings (SSSR count). The zero-order valence-electron chi connectivity index (χ0n) is 17.6. The van der Waals surface area contributed by atoms with E-state index in [9.17, 15) is 14.0 Å². The first-order valence-corrected chi connectivity index (χ1v) is 11.8. The summed E-state index contributed by atoms with van der Waals surface area (Å²) in [7, 11) is 0. The second kappa shape index (κ2) is 8.82. The number of carbonyl (C=O) groups is 2. The van der Waals surface area contributed by atoms with E-state index in [2.05, 4.69) is 4.98 Å². The number of rotatable bonds is 4. The summed E-state index contributed by atoms with van der Waals surface area (Å²) in [6, 6.07) is 13.8. The van der Waals surface area contributed by atoms with Gasteiger partial charge < -0.3 is 9.80 Å². The van der Waals surface area contributed by atoms with Crippen molar-refractivity contribution in [2.24, 2.45) is 11.8 Å². The van der Waals surface area contributed by atoms with Crippen molar-refractivity contribution < 1.29 is 14.0 Å². The number of hydrogen-bond acceptors (Lipinski definition) is 4. The van der Waals surface area contributed by atoms with Crippen LogP contribution in [0.4, 0.5) is 4.39 Å². The number of benzene rings is 2. The van der Waals surface area contributed by atoms with Crippen LogP contribution in [-0.4, -0.2) is 52.8 Å². The van der Waals surface area contributed by atoms with Crippen LogP contribution < -0.4 is 0 Å². The van der Waals surface area contributed by atoms with Crippen molar-refractivity contribution in [2.45, 2.75) is 12.8 Å². The molecule has 3 aromatic rings. The average molecular weight is 450 g/mol. The second-order valence-electron chi connectivity index (χ2n) is 8.53. The number of aromatic nitrogens is 1. The maximum absolute atomic E-state index is 13.6. The minimum Gasteiger partial charge on any atom is -0.339 e. The van der Waals surface area contributed by atoms with Crippen LogP contribution >= 0.6 is 11.3 Å². The molecule has 2 amide bonds. The van der Waals surface area contributed by atoms with Gasteiger partial charge in [-0.05, 0) is 60.1 Å². The van der Waals surface area contributed by atoms with Crippen molar-refractivity contribution in [3.8, 4) is 11.1 Å². The largest absolute Gasteiger partial charge is 0.339 e. The molecule has 2 aromatic carbocycles. The van der Waals surface area contributed by atoms with Crippen LogP contribution in [0.5, 0.6) is 0 Å². The van der Waals surface area contributed by atoms with E-state index in [0.29, 0.717) is 22.4 Å². The zero-order valence-corrected chi connectivity index (χ0v) is 18.4. The van der Waals surface area contributed by atoms with E-state index in [0.717, 1.165) is 50.1 Å². The maximum atomic E-state index is 13.6. The number of thiazole rings is 1. The summed E-state index contributed by atoms with van der Waals surface area (Å²) in [5, 5.41) is 2.38. The molecule has 0 atom stereocenters. The highest BCUT2D eigenvalue weighted by Gasteiger charge is 2.38. The summed E-state index contributed by atoms with van der Waals surface area (Å²) in [5.74, 6) is 0.813. The lowest BCUT2D eigenvalue weighted by Gasteiger charge is -2.45. The van der Waals surface area contributed by atoms with Crippen molar-refractivity contribution in [2.75, 3.05) is 26.2 Å². The standard InChI is InChI=1S/C25H24FN3O2S/c26-22-6-2-4-19(14-22)18-3-1-5-20(13-18)24(30)28-10-7-17(8-11-28)21-15-29(16-21)25(31)23-27-9-12-32-23/h1-6,9,12-14,17,21H,7-8,10-11,15-16H2. The Kier molecular flexibility index (Phi) is 5.74. The van der Waals surface area contributed by atoms with Crippen LogP contribution in [0.1, 0.15) is 33.0 Å². The molecule has 0 unspecified atom stereocenters. The SMILES string of the molecule is O=C(c1cccc(-c2cccc(F)c2)c1)N1CCC(C2CN(C(=O)c3nccs3)C2)CC1. The van der Waals surface area contributed by atoms with Gasteiger partial charge in [0, 0.05) is 43.3 Å². The van der Waals surface area contributed by atoms with Gasteiger partial charge in [-0.25, -0.2) is 9.37 Å². The Morgan fingerprint density at radius 2 is 1.62 bits per heavy atom. The van der Waals surface area contributed by atoms with Crippen LogP contribution in [0.15, 0.2) is 60.1 Å². The molecule has 2 aliphatic heterocycles. The van der Waals surface area contributed by atoms with Gasteiger partial charge in [0.25, 0.3) is 11.8 Å². The number of nitrogens with zero attached hydrogens (tertiary/aromatic N) is 3. The molecule has 2 fully saturated rings. The Morgan fingerprint density at radius 1 is 0.906 bits per heavy atom. The highest BCUT2D eigenvalue weighted by molar-refractivity contribution is 7.11. The Labute approximate surface area is 190 Å². The molecule has 2 aliphatic rings. The average Bonchev–Trinajstić information content (AvgIpc) is 3.33. The van der Waals surface area contributed by atoms with Crippen LogP contribution in [0.2, 0.25) is 0 Å². The quantitative estimate of drug-likeness (QED) is 0.586. The molecule has 0 N–H and O–H groups in total. The maximum Gasteiger partial charge on any atom is 0.282 e. The molecule has 2 saturated heterocycles. The summed E-state index contributed by atoms with van der Waals surface area (Å²) >= 11 is 1.38. The van der Waals surface area contributed by atoms with Gasteiger partial charge in [0.1, 0.15) is 5.82 Å². The predicted octanol–water partition coefficient (Wildman–Crippen LogP) is 4.57. The lowest BCUT2D eigenvalue weighted by molar-refractivity contribution is 0.0228. The minimum atomic E-state index is -0.288. The van der Waals surface area contributed by atoms with E-state index < -0.39 is 0 Å². The van der Waals surface area contributed by atoms with Gasteiger partial charge in [0.2, 0.25) is 0 Å². The molecule has 1 aromatic heterocycles. The van der Waals surface area contributed by atoms with Crippen molar-refractivity contribution in [1.29, 1.82) is 0 Å². The number of piperidine rings is 1. The fraction of sp³-hybridized carbons (Fsp3) is 0.320.